The van der Waals surface area contributed by atoms with Crippen molar-refractivity contribution in [2.75, 3.05) is 31.1 Å². The highest BCUT2D eigenvalue weighted by atomic mass is 35.5. The Labute approximate surface area is 149 Å². The first kappa shape index (κ1) is 17.2. The molecule has 1 N–H and O–H groups in total. The lowest BCUT2D eigenvalue weighted by Crippen LogP contribution is -2.48. The maximum atomic E-state index is 12.8. The smallest absolute Gasteiger partial charge is 0.246 e. The highest BCUT2D eigenvalue weighted by Crippen LogP contribution is 2.36. The van der Waals surface area contributed by atoms with Crippen LogP contribution in [0.2, 0.25) is 10.0 Å². The van der Waals surface area contributed by atoms with Crippen LogP contribution in [0.5, 0.6) is 5.75 Å². The van der Waals surface area contributed by atoms with Gasteiger partial charge in [-0.15, -0.1) is 0 Å². The van der Waals surface area contributed by atoms with Crippen LogP contribution in [-0.4, -0.2) is 54.0 Å². The molecule has 1 aliphatic heterocycles. The van der Waals surface area contributed by atoms with Crippen molar-refractivity contribution >= 4 is 39.0 Å². The van der Waals surface area contributed by atoms with Crippen molar-refractivity contribution in [2.24, 2.45) is 0 Å². The predicted molar refractivity (Wildman–Crippen MR) is 91.1 cm³/mol. The minimum absolute atomic E-state index is 0.0979. The Bertz CT molecular complexity index is 841. The van der Waals surface area contributed by atoms with Crippen molar-refractivity contribution < 1.29 is 13.5 Å². The molecule has 2 heterocycles. The number of hydrogen-bond acceptors (Lipinski definition) is 6. The average molecular weight is 389 g/mol. The molecule has 0 atom stereocenters. The Hall–Kier alpha value is -1.61. The van der Waals surface area contributed by atoms with E-state index in [1.165, 1.54) is 16.4 Å². The fourth-order valence-corrected chi connectivity index (χ4v) is 4.66. The number of sulfonamides is 1. The Balaban J connectivity index is 1.81. The summed E-state index contributed by atoms with van der Waals surface area (Å²) in [5, 5.41) is 10.0. The first-order valence-corrected chi connectivity index (χ1v) is 9.28. The molecular weight excluding hydrogens is 375 g/mol. The van der Waals surface area contributed by atoms with Crippen LogP contribution in [0.25, 0.3) is 0 Å². The summed E-state index contributed by atoms with van der Waals surface area (Å²) >= 11 is 11.7. The Kier molecular flexibility index (Phi) is 4.82. The van der Waals surface area contributed by atoms with Crippen LogP contribution < -0.4 is 4.90 Å². The molecule has 0 bridgehead atoms. The van der Waals surface area contributed by atoms with E-state index in [9.17, 15) is 13.5 Å². The number of nitrogens with zero attached hydrogens (tertiary/aromatic N) is 4. The van der Waals surface area contributed by atoms with Gasteiger partial charge in [-0.2, -0.15) is 4.31 Å². The molecule has 1 aliphatic rings. The maximum Gasteiger partial charge on any atom is 0.246 e. The number of rotatable bonds is 3. The standard InChI is InChI=1S/C14H14Cl2N4O3S/c15-10-7-11(16)14(21)12(8-10)24(22,23)20-5-3-19(4-6-20)13-9-17-1-2-18-13/h1-2,7-9,21H,3-6H2. The second-order valence-electron chi connectivity index (χ2n) is 5.19. The third-order valence-electron chi connectivity index (χ3n) is 3.72. The van der Waals surface area contributed by atoms with E-state index in [2.05, 4.69) is 9.97 Å². The van der Waals surface area contributed by atoms with Gasteiger partial charge in [0.2, 0.25) is 10.0 Å². The molecule has 1 saturated heterocycles. The molecule has 0 spiro atoms. The van der Waals surface area contributed by atoms with Gasteiger partial charge in [0.15, 0.2) is 5.75 Å². The number of benzene rings is 1. The molecule has 0 aliphatic carbocycles. The van der Waals surface area contributed by atoms with E-state index in [1.807, 2.05) is 4.90 Å². The molecule has 1 aromatic carbocycles. The lowest BCUT2D eigenvalue weighted by molar-refractivity contribution is 0.379. The normalized spacial score (nSPS) is 16.3. The van der Waals surface area contributed by atoms with Crippen LogP contribution in [0.15, 0.2) is 35.6 Å². The largest absolute Gasteiger partial charge is 0.505 e. The quantitative estimate of drug-likeness (QED) is 0.864. The van der Waals surface area contributed by atoms with Gasteiger partial charge < -0.3 is 10.0 Å². The summed E-state index contributed by atoms with van der Waals surface area (Å²) in [4.78, 5) is 9.88. The van der Waals surface area contributed by atoms with Gasteiger partial charge in [0, 0.05) is 43.6 Å². The number of aromatic nitrogens is 2. The van der Waals surface area contributed by atoms with Gasteiger partial charge in [0.25, 0.3) is 0 Å². The third-order valence-corrected chi connectivity index (χ3v) is 6.14. The highest BCUT2D eigenvalue weighted by molar-refractivity contribution is 7.89. The molecule has 128 valence electrons. The van der Waals surface area contributed by atoms with Crippen LogP contribution in [0.1, 0.15) is 0 Å². The van der Waals surface area contributed by atoms with Crippen molar-refractivity contribution in [1.82, 2.24) is 14.3 Å². The molecule has 10 heteroatoms. The van der Waals surface area contributed by atoms with Gasteiger partial charge in [-0.1, -0.05) is 23.2 Å². The van der Waals surface area contributed by atoms with Crippen LogP contribution in [-0.2, 0) is 10.0 Å². The molecule has 3 rings (SSSR count). The second-order valence-corrected chi connectivity index (χ2v) is 7.94. The molecule has 0 radical (unpaired) electrons. The fourth-order valence-electron chi connectivity index (χ4n) is 2.49. The van der Waals surface area contributed by atoms with Gasteiger partial charge in [-0.25, -0.2) is 13.4 Å². The maximum absolute atomic E-state index is 12.8. The Morgan fingerprint density at radius 3 is 2.42 bits per heavy atom. The highest BCUT2D eigenvalue weighted by Gasteiger charge is 2.32. The van der Waals surface area contributed by atoms with E-state index >= 15 is 0 Å². The molecule has 0 saturated carbocycles. The Morgan fingerprint density at radius 1 is 1.08 bits per heavy atom. The van der Waals surface area contributed by atoms with Gasteiger partial charge in [0.1, 0.15) is 10.7 Å². The summed E-state index contributed by atoms with van der Waals surface area (Å²) in [7, 11) is -3.89. The topological polar surface area (TPSA) is 86.6 Å². The van der Waals surface area contributed by atoms with Crippen molar-refractivity contribution in [2.45, 2.75) is 4.90 Å². The SMILES string of the molecule is O=S(=O)(c1cc(Cl)cc(Cl)c1O)N1CCN(c2cnccn2)CC1. The molecule has 0 unspecified atom stereocenters. The zero-order valence-corrected chi connectivity index (χ0v) is 14.8. The van der Waals surface area contributed by atoms with Crippen LogP contribution >= 0.6 is 23.2 Å². The number of anilines is 1. The number of phenolic OH excluding ortho intramolecular Hbond substituents is 1. The summed E-state index contributed by atoms with van der Waals surface area (Å²) in [5.41, 5.74) is 0. The van der Waals surface area contributed by atoms with Crippen LogP contribution in [0.4, 0.5) is 5.82 Å². The van der Waals surface area contributed by atoms with Crippen molar-refractivity contribution in [1.29, 1.82) is 0 Å². The minimum Gasteiger partial charge on any atom is -0.505 e. The molecule has 7 nitrogen and oxygen atoms in total. The van der Waals surface area contributed by atoms with Gasteiger partial charge in [-0.05, 0) is 12.1 Å². The second kappa shape index (κ2) is 6.72. The van der Waals surface area contributed by atoms with E-state index < -0.39 is 15.8 Å². The number of piperazine rings is 1. The van der Waals surface area contributed by atoms with E-state index in [0.29, 0.717) is 18.9 Å². The van der Waals surface area contributed by atoms with E-state index in [4.69, 9.17) is 23.2 Å². The summed E-state index contributed by atoms with van der Waals surface area (Å²) in [6.45, 7) is 1.44. The van der Waals surface area contributed by atoms with Crippen molar-refractivity contribution in [3.8, 4) is 5.75 Å². The fraction of sp³-hybridized carbons (Fsp3) is 0.286. The van der Waals surface area contributed by atoms with Gasteiger partial charge in [-0.3, -0.25) is 4.98 Å². The summed E-state index contributed by atoms with van der Waals surface area (Å²) in [5.74, 6) is 0.209. The molecule has 24 heavy (non-hydrogen) atoms. The zero-order chi connectivity index (χ0) is 17.3. The third kappa shape index (κ3) is 3.27. The summed E-state index contributed by atoms with van der Waals surface area (Å²) in [6, 6.07) is 2.50. The first-order valence-electron chi connectivity index (χ1n) is 7.09. The summed E-state index contributed by atoms with van der Waals surface area (Å²) < 4.78 is 26.8. The number of aromatic hydroxyl groups is 1. The van der Waals surface area contributed by atoms with Gasteiger partial charge >= 0.3 is 0 Å². The molecule has 2 aromatic rings. The van der Waals surface area contributed by atoms with Crippen LogP contribution in [0, 0.1) is 0 Å². The lowest BCUT2D eigenvalue weighted by Gasteiger charge is -2.34. The number of phenols is 1. The summed E-state index contributed by atoms with van der Waals surface area (Å²) in [6.07, 6.45) is 4.80. The van der Waals surface area contributed by atoms with Crippen molar-refractivity contribution in [3.05, 3.63) is 40.8 Å². The van der Waals surface area contributed by atoms with E-state index in [-0.39, 0.29) is 28.0 Å². The predicted octanol–water partition coefficient (Wildman–Crippen LogP) is 2.00. The molecule has 1 aromatic heterocycles. The molecular formula is C14H14Cl2N4O3S. The van der Waals surface area contributed by atoms with E-state index in [1.54, 1.807) is 18.6 Å². The first-order chi connectivity index (χ1) is 11.4. The number of halogens is 2. The number of hydrogen-bond donors (Lipinski definition) is 1. The van der Waals surface area contributed by atoms with Gasteiger partial charge in [0.05, 0.1) is 11.2 Å². The Morgan fingerprint density at radius 2 is 1.79 bits per heavy atom. The average Bonchev–Trinajstić information content (AvgIpc) is 2.59. The molecule has 0 amide bonds. The van der Waals surface area contributed by atoms with E-state index in [0.717, 1.165) is 0 Å². The van der Waals surface area contributed by atoms with Crippen molar-refractivity contribution in [3.63, 3.8) is 0 Å². The lowest BCUT2D eigenvalue weighted by atomic mass is 10.3. The molecule has 1 fully saturated rings. The monoisotopic (exact) mass is 388 g/mol. The minimum atomic E-state index is -3.89. The van der Waals surface area contributed by atoms with Crippen LogP contribution in [0.3, 0.4) is 0 Å². The zero-order valence-electron chi connectivity index (χ0n) is 12.4.